The lowest BCUT2D eigenvalue weighted by Crippen LogP contribution is -2.49. The van der Waals surface area contributed by atoms with Crippen molar-refractivity contribution < 1.29 is 0 Å². The van der Waals surface area contributed by atoms with E-state index < -0.39 is 0 Å². The van der Waals surface area contributed by atoms with Crippen LogP contribution in [-0.2, 0) is 0 Å². The van der Waals surface area contributed by atoms with Crippen molar-refractivity contribution in [3.63, 3.8) is 0 Å². The number of fused-ring (bicyclic) bond motifs is 2. The first-order valence-corrected chi connectivity index (χ1v) is 9.61. The van der Waals surface area contributed by atoms with Crippen LogP contribution in [0.4, 0.5) is 5.95 Å². The number of aryl methyl sites for hydroxylation is 1. The molecule has 4 heterocycles. The Kier molecular flexibility index (Phi) is 2.96. The summed E-state index contributed by atoms with van der Waals surface area (Å²) in [4.78, 5) is 13.4. The molecule has 0 aliphatic heterocycles. The van der Waals surface area contributed by atoms with E-state index in [4.69, 9.17) is 10.1 Å². The zero-order valence-electron chi connectivity index (χ0n) is 15.3. The highest BCUT2D eigenvalue weighted by molar-refractivity contribution is 5.82. The van der Waals surface area contributed by atoms with Crippen molar-refractivity contribution in [1.82, 2.24) is 29.0 Å². The van der Waals surface area contributed by atoms with Crippen molar-refractivity contribution in [1.29, 1.82) is 0 Å². The van der Waals surface area contributed by atoms with E-state index in [-0.39, 0.29) is 0 Å². The van der Waals surface area contributed by atoms with Crippen molar-refractivity contribution in [3.05, 3.63) is 42.7 Å². The summed E-state index contributed by atoms with van der Waals surface area (Å²) in [7, 11) is 0. The number of rotatable bonds is 3. The Labute approximate surface area is 156 Å². The molecule has 7 heteroatoms. The van der Waals surface area contributed by atoms with Crippen LogP contribution in [0.1, 0.15) is 37.8 Å². The Morgan fingerprint density at radius 1 is 1.19 bits per heavy atom. The molecule has 0 bridgehead atoms. The fourth-order valence-electron chi connectivity index (χ4n) is 4.81. The molecule has 0 atom stereocenters. The van der Waals surface area contributed by atoms with Crippen LogP contribution < -0.4 is 5.32 Å². The maximum absolute atomic E-state index is 4.74. The maximum atomic E-state index is 4.74. The molecule has 7 nitrogen and oxygen atoms in total. The maximum Gasteiger partial charge on any atom is 0.241 e. The van der Waals surface area contributed by atoms with Crippen LogP contribution in [0.15, 0.2) is 37.1 Å². The van der Waals surface area contributed by atoms with E-state index in [2.05, 4.69) is 21.4 Å². The standard InChI is InChI=1S/C20H21N7/c1-13-17-16(14-11-22-19-21-6-8-26(19)12-14)3-7-27(17)25-18(23-13)24-15-9-20(10-15)4-2-5-20/h3,6-8,11-12,15H,2,4-5,9-10H2,1H3,(H,24,25). The Morgan fingerprint density at radius 3 is 2.89 bits per heavy atom. The topological polar surface area (TPSA) is 72.4 Å². The van der Waals surface area contributed by atoms with Crippen LogP contribution in [0, 0.1) is 12.3 Å². The Morgan fingerprint density at radius 2 is 2.07 bits per heavy atom. The summed E-state index contributed by atoms with van der Waals surface area (Å²) in [5, 5.41) is 8.24. The molecule has 0 aromatic carbocycles. The average molecular weight is 359 g/mol. The Balaban J connectivity index is 1.33. The highest BCUT2D eigenvalue weighted by Gasteiger charge is 2.48. The zero-order valence-corrected chi connectivity index (χ0v) is 15.3. The van der Waals surface area contributed by atoms with Gasteiger partial charge in [0.2, 0.25) is 11.7 Å². The van der Waals surface area contributed by atoms with E-state index >= 15 is 0 Å². The number of hydrogen-bond donors (Lipinski definition) is 1. The molecule has 1 spiro atoms. The second-order valence-corrected chi connectivity index (χ2v) is 8.12. The third-order valence-corrected chi connectivity index (χ3v) is 6.35. The van der Waals surface area contributed by atoms with Crippen molar-refractivity contribution in [2.24, 2.45) is 5.41 Å². The third kappa shape index (κ3) is 2.27. The van der Waals surface area contributed by atoms with Crippen LogP contribution in [-0.4, -0.2) is 35.0 Å². The van der Waals surface area contributed by atoms with E-state index in [0.717, 1.165) is 28.3 Å². The summed E-state index contributed by atoms with van der Waals surface area (Å²) in [5.41, 5.74) is 4.75. The molecule has 2 fully saturated rings. The van der Waals surface area contributed by atoms with Crippen LogP contribution in [0.3, 0.4) is 0 Å². The first kappa shape index (κ1) is 15.1. The van der Waals surface area contributed by atoms with E-state index in [1.54, 1.807) is 6.20 Å². The van der Waals surface area contributed by atoms with Crippen LogP contribution in [0.5, 0.6) is 0 Å². The summed E-state index contributed by atoms with van der Waals surface area (Å²) in [5.74, 6) is 1.43. The molecule has 136 valence electrons. The van der Waals surface area contributed by atoms with Crippen molar-refractivity contribution >= 4 is 17.2 Å². The predicted octanol–water partition coefficient (Wildman–Crippen LogP) is 3.49. The average Bonchev–Trinajstić information content (AvgIpc) is 3.21. The summed E-state index contributed by atoms with van der Waals surface area (Å²) in [6.07, 6.45) is 16.3. The molecule has 0 saturated heterocycles. The van der Waals surface area contributed by atoms with E-state index in [1.165, 1.54) is 32.1 Å². The van der Waals surface area contributed by atoms with Crippen LogP contribution in [0.2, 0.25) is 0 Å². The summed E-state index contributed by atoms with van der Waals surface area (Å²) >= 11 is 0. The quantitative estimate of drug-likeness (QED) is 0.606. The van der Waals surface area contributed by atoms with Gasteiger partial charge in [0.1, 0.15) is 0 Å². The molecule has 4 aromatic rings. The van der Waals surface area contributed by atoms with Gasteiger partial charge in [-0.3, -0.25) is 4.40 Å². The van der Waals surface area contributed by atoms with Gasteiger partial charge in [-0.2, -0.15) is 0 Å². The summed E-state index contributed by atoms with van der Waals surface area (Å²) in [6, 6.07) is 2.60. The van der Waals surface area contributed by atoms with Crippen molar-refractivity contribution in [2.75, 3.05) is 5.32 Å². The molecule has 0 unspecified atom stereocenters. The first-order valence-electron chi connectivity index (χ1n) is 9.61. The molecule has 0 radical (unpaired) electrons. The fraction of sp³-hybridized carbons (Fsp3) is 0.400. The van der Waals surface area contributed by atoms with Gasteiger partial charge < -0.3 is 5.32 Å². The highest BCUT2D eigenvalue weighted by atomic mass is 15.3. The van der Waals surface area contributed by atoms with Gasteiger partial charge in [0.15, 0.2) is 0 Å². The monoisotopic (exact) mass is 359 g/mol. The molecule has 2 aliphatic carbocycles. The number of nitrogens with zero attached hydrogens (tertiary/aromatic N) is 6. The van der Waals surface area contributed by atoms with Gasteiger partial charge in [-0.05, 0) is 44.1 Å². The molecular weight excluding hydrogens is 338 g/mol. The SMILES string of the molecule is Cc1nc(NC2CC3(CCC3)C2)nn2ccc(-c3cnc4nccn4c3)c12. The van der Waals surface area contributed by atoms with E-state index in [1.807, 2.05) is 40.6 Å². The van der Waals surface area contributed by atoms with E-state index in [0.29, 0.717) is 17.2 Å². The van der Waals surface area contributed by atoms with Gasteiger partial charge in [0, 0.05) is 48.2 Å². The highest BCUT2D eigenvalue weighted by Crippen LogP contribution is 2.56. The second-order valence-electron chi connectivity index (χ2n) is 8.12. The van der Waals surface area contributed by atoms with Gasteiger partial charge in [-0.1, -0.05) is 6.42 Å². The smallest absolute Gasteiger partial charge is 0.241 e. The Bertz CT molecular complexity index is 1160. The summed E-state index contributed by atoms with van der Waals surface area (Å²) < 4.78 is 3.85. The summed E-state index contributed by atoms with van der Waals surface area (Å²) in [6.45, 7) is 2.04. The molecule has 2 saturated carbocycles. The lowest BCUT2D eigenvalue weighted by molar-refractivity contribution is 0.0189. The lowest BCUT2D eigenvalue weighted by Gasteiger charge is -2.54. The van der Waals surface area contributed by atoms with Crippen LogP contribution in [0.25, 0.3) is 22.4 Å². The van der Waals surface area contributed by atoms with Gasteiger partial charge in [0.05, 0.1) is 11.2 Å². The molecule has 4 aromatic heterocycles. The number of imidazole rings is 1. The molecule has 27 heavy (non-hydrogen) atoms. The van der Waals surface area contributed by atoms with Crippen molar-refractivity contribution in [2.45, 2.75) is 45.1 Å². The Hall–Kier alpha value is -2.96. The van der Waals surface area contributed by atoms with Crippen molar-refractivity contribution in [3.8, 4) is 11.1 Å². The minimum Gasteiger partial charge on any atom is -0.350 e. The van der Waals surface area contributed by atoms with E-state index in [9.17, 15) is 0 Å². The second kappa shape index (κ2) is 5.28. The first-order chi connectivity index (χ1) is 13.2. The zero-order chi connectivity index (χ0) is 18.0. The number of hydrogen-bond acceptors (Lipinski definition) is 5. The molecule has 0 amide bonds. The predicted molar refractivity (Wildman–Crippen MR) is 103 cm³/mol. The van der Waals surface area contributed by atoms with Gasteiger partial charge >= 0.3 is 0 Å². The number of nitrogens with one attached hydrogen (secondary N) is 1. The molecule has 2 aliphatic rings. The molecule has 1 N–H and O–H groups in total. The third-order valence-electron chi connectivity index (χ3n) is 6.35. The number of anilines is 1. The number of aromatic nitrogens is 6. The fourth-order valence-corrected chi connectivity index (χ4v) is 4.81. The molecule has 6 rings (SSSR count). The van der Waals surface area contributed by atoms with Gasteiger partial charge in [-0.15, -0.1) is 5.10 Å². The normalized spacial score (nSPS) is 18.7. The van der Waals surface area contributed by atoms with Crippen LogP contribution >= 0.6 is 0 Å². The van der Waals surface area contributed by atoms with Gasteiger partial charge in [-0.25, -0.2) is 19.5 Å². The minimum absolute atomic E-state index is 0.519. The lowest BCUT2D eigenvalue weighted by atomic mass is 9.54. The minimum atomic E-state index is 0.519. The van der Waals surface area contributed by atoms with Gasteiger partial charge in [0.25, 0.3) is 0 Å². The molecular formula is C20H21N7. The largest absolute Gasteiger partial charge is 0.350 e.